The third-order valence-corrected chi connectivity index (χ3v) is 4.16. The highest BCUT2D eigenvalue weighted by molar-refractivity contribution is 5.51. The van der Waals surface area contributed by atoms with Gasteiger partial charge in [-0.1, -0.05) is 92.6 Å². The molecule has 0 saturated carbocycles. The molecule has 1 nitrogen and oxygen atoms in total. The average molecular weight is 347 g/mol. The van der Waals surface area contributed by atoms with Crippen molar-refractivity contribution >= 4 is 6.08 Å². The molecule has 1 heteroatoms. The van der Waals surface area contributed by atoms with Gasteiger partial charge in [0, 0.05) is 12.0 Å². The van der Waals surface area contributed by atoms with Crippen LogP contribution in [0.2, 0.25) is 0 Å². The van der Waals surface area contributed by atoms with Crippen LogP contribution in [-0.4, -0.2) is 6.61 Å². The fourth-order valence-electron chi connectivity index (χ4n) is 2.64. The monoisotopic (exact) mass is 346 g/mol. The van der Waals surface area contributed by atoms with E-state index in [9.17, 15) is 0 Å². The first kappa shape index (κ1) is 20.0. The molecule has 0 fully saturated rings. The molecule has 26 heavy (non-hydrogen) atoms. The first-order valence-electron chi connectivity index (χ1n) is 9.75. The summed E-state index contributed by atoms with van der Waals surface area (Å²) in [5, 5.41) is 0. The molecular weight excluding hydrogens is 316 g/mol. The molecule has 0 heterocycles. The van der Waals surface area contributed by atoms with E-state index in [1.807, 2.05) is 18.2 Å². The van der Waals surface area contributed by atoms with Gasteiger partial charge in [0.2, 0.25) is 0 Å². The number of rotatable bonds is 10. The largest absolute Gasteiger partial charge is 0.376 e. The Bertz CT molecular complexity index is 686. The van der Waals surface area contributed by atoms with Crippen LogP contribution in [0.4, 0.5) is 0 Å². The van der Waals surface area contributed by atoms with Crippen molar-refractivity contribution in [2.45, 2.75) is 52.1 Å². The molecule has 0 unspecified atom stereocenters. The van der Waals surface area contributed by atoms with Gasteiger partial charge in [0.05, 0.1) is 13.2 Å². The van der Waals surface area contributed by atoms with Crippen LogP contribution >= 0.6 is 0 Å². The predicted octanol–water partition coefficient (Wildman–Crippen LogP) is 6.63. The molecular formula is C25H30O. The summed E-state index contributed by atoms with van der Waals surface area (Å²) >= 11 is 0. The van der Waals surface area contributed by atoms with Crippen molar-refractivity contribution in [3.8, 4) is 11.8 Å². The number of hydrogen-bond acceptors (Lipinski definition) is 1. The van der Waals surface area contributed by atoms with E-state index in [4.69, 9.17) is 4.74 Å². The molecule has 0 aliphatic carbocycles. The summed E-state index contributed by atoms with van der Waals surface area (Å²) in [5.74, 6) is 6.39. The fraction of sp³-hybridized carbons (Fsp3) is 0.360. The van der Waals surface area contributed by atoms with Crippen LogP contribution in [0.15, 0.2) is 60.7 Å². The van der Waals surface area contributed by atoms with E-state index < -0.39 is 0 Å². The lowest BCUT2D eigenvalue weighted by molar-refractivity contribution is 0.126. The lowest BCUT2D eigenvalue weighted by atomic mass is 10.1. The molecule has 0 N–H and O–H groups in total. The molecule has 136 valence electrons. The summed E-state index contributed by atoms with van der Waals surface area (Å²) in [6.07, 6.45) is 11.7. The van der Waals surface area contributed by atoms with Gasteiger partial charge >= 0.3 is 0 Å². The number of unbranched alkanes of at least 4 members (excludes halogenated alkanes) is 4. The van der Waals surface area contributed by atoms with E-state index in [1.165, 1.54) is 43.2 Å². The van der Waals surface area contributed by atoms with Crippen LogP contribution in [0.1, 0.15) is 62.1 Å². The Morgan fingerprint density at radius 2 is 1.73 bits per heavy atom. The number of allylic oxidation sites excluding steroid dienone is 1. The maximum absolute atomic E-state index is 5.64. The lowest BCUT2D eigenvalue weighted by Crippen LogP contribution is -1.94. The first-order chi connectivity index (χ1) is 12.9. The highest BCUT2D eigenvalue weighted by Gasteiger charge is 1.91. The Morgan fingerprint density at radius 1 is 0.923 bits per heavy atom. The van der Waals surface area contributed by atoms with E-state index in [0.29, 0.717) is 13.2 Å². The van der Waals surface area contributed by atoms with E-state index in [2.05, 4.69) is 67.3 Å². The minimum atomic E-state index is 0.655. The van der Waals surface area contributed by atoms with Crippen molar-refractivity contribution in [2.75, 3.05) is 6.61 Å². The van der Waals surface area contributed by atoms with Crippen LogP contribution in [-0.2, 0) is 11.3 Å². The first-order valence-corrected chi connectivity index (χ1v) is 9.75. The maximum atomic E-state index is 5.64. The minimum Gasteiger partial charge on any atom is -0.376 e. The molecule has 2 aromatic rings. The molecule has 0 amide bonds. The summed E-state index contributed by atoms with van der Waals surface area (Å²) in [6, 6.07) is 18.7. The van der Waals surface area contributed by atoms with Crippen LogP contribution in [0, 0.1) is 11.8 Å². The van der Waals surface area contributed by atoms with Gasteiger partial charge in [-0.25, -0.2) is 0 Å². The Hall–Kier alpha value is -2.30. The van der Waals surface area contributed by atoms with Crippen molar-refractivity contribution in [2.24, 2.45) is 0 Å². The summed E-state index contributed by atoms with van der Waals surface area (Å²) in [6.45, 7) is 3.57. The number of hydrogen-bond donors (Lipinski definition) is 0. The van der Waals surface area contributed by atoms with Crippen LogP contribution in [0.5, 0.6) is 0 Å². The second-order valence-corrected chi connectivity index (χ2v) is 6.46. The lowest BCUT2D eigenvalue weighted by Gasteiger charge is -2.01. The second-order valence-electron chi connectivity index (χ2n) is 6.46. The molecule has 0 aromatic heterocycles. The summed E-state index contributed by atoms with van der Waals surface area (Å²) in [5.41, 5.74) is 3.51. The van der Waals surface area contributed by atoms with Crippen molar-refractivity contribution < 1.29 is 4.74 Å². The van der Waals surface area contributed by atoms with Gasteiger partial charge in [0.25, 0.3) is 0 Å². The summed E-state index contributed by atoms with van der Waals surface area (Å²) in [7, 11) is 0. The minimum absolute atomic E-state index is 0.655. The Labute approximate surface area is 159 Å². The van der Waals surface area contributed by atoms with Crippen molar-refractivity contribution in [3.05, 3.63) is 77.4 Å². The third-order valence-electron chi connectivity index (χ3n) is 4.16. The van der Waals surface area contributed by atoms with Crippen molar-refractivity contribution in [3.63, 3.8) is 0 Å². The Kier molecular flexibility index (Phi) is 9.99. The quantitative estimate of drug-likeness (QED) is 0.346. The molecule has 0 aliphatic rings. The van der Waals surface area contributed by atoms with Crippen LogP contribution in [0.25, 0.3) is 6.08 Å². The standard InChI is InChI=1S/C25H30O/c1-2-3-4-5-6-8-13-23-17-19-24(20-18-23)14-11-12-21-26-22-25-15-9-7-10-16-25/h7-10,13,15-20H,2-6,12,21-22H2,1H3/b13-8-. The zero-order valence-corrected chi connectivity index (χ0v) is 15.9. The molecule has 0 aliphatic heterocycles. The van der Waals surface area contributed by atoms with Gasteiger partial charge in [-0.3, -0.25) is 0 Å². The van der Waals surface area contributed by atoms with Gasteiger partial charge in [0.1, 0.15) is 0 Å². The zero-order chi connectivity index (χ0) is 18.3. The smallest absolute Gasteiger partial charge is 0.0717 e. The van der Waals surface area contributed by atoms with E-state index in [1.54, 1.807) is 0 Å². The molecule has 0 radical (unpaired) electrons. The molecule has 0 saturated heterocycles. The van der Waals surface area contributed by atoms with Crippen LogP contribution < -0.4 is 0 Å². The predicted molar refractivity (Wildman–Crippen MR) is 112 cm³/mol. The van der Waals surface area contributed by atoms with Crippen molar-refractivity contribution in [1.29, 1.82) is 0 Å². The molecule has 2 rings (SSSR count). The highest BCUT2D eigenvalue weighted by atomic mass is 16.5. The topological polar surface area (TPSA) is 9.23 Å². The van der Waals surface area contributed by atoms with E-state index in [0.717, 1.165) is 12.0 Å². The summed E-state index contributed by atoms with van der Waals surface area (Å²) in [4.78, 5) is 0. The van der Waals surface area contributed by atoms with Gasteiger partial charge in [0.15, 0.2) is 0 Å². The molecule has 0 bridgehead atoms. The summed E-state index contributed by atoms with van der Waals surface area (Å²) < 4.78 is 5.64. The van der Waals surface area contributed by atoms with E-state index in [-0.39, 0.29) is 0 Å². The van der Waals surface area contributed by atoms with Gasteiger partial charge in [-0.15, -0.1) is 0 Å². The van der Waals surface area contributed by atoms with E-state index >= 15 is 0 Å². The molecule has 0 spiro atoms. The normalized spacial score (nSPS) is 10.7. The second kappa shape index (κ2) is 13.0. The third kappa shape index (κ3) is 8.70. The Morgan fingerprint density at radius 3 is 2.50 bits per heavy atom. The SMILES string of the molecule is CCCCCC/C=C\c1ccc(C#CCCOCc2ccccc2)cc1. The zero-order valence-electron chi connectivity index (χ0n) is 15.9. The Balaban J connectivity index is 1.64. The number of ether oxygens (including phenoxy) is 1. The van der Waals surface area contributed by atoms with Gasteiger partial charge < -0.3 is 4.74 Å². The van der Waals surface area contributed by atoms with Crippen molar-refractivity contribution in [1.82, 2.24) is 0 Å². The average Bonchev–Trinajstić information content (AvgIpc) is 2.69. The maximum Gasteiger partial charge on any atom is 0.0717 e. The van der Waals surface area contributed by atoms with Gasteiger partial charge in [-0.05, 0) is 36.1 Å². The molecule has 0 atom stereocenters. The molecule has 2 aromatic carbocycles. The fourth-order valence-corrected chi connectivity index (χ4v) is 2.64. The highest BCUT2D eigenvalue weighted by Crippen LogP contribution is 2.08. The van der Waals surface area contributed by atoms with Gasteiger partial charge in [-0.2, -0.15) is 0 Å². The van der Waals surface area contributed by atoms with Crippen LogP contribution in [0.3, 0.4) is 0 Å². The number of benzene rings is 2.